The third kappa shape index (κ3) is 11.7. The third-order valence-electron chi connectivity index (χ3n) is 1.70. The van der Waals surface area contributed by atoms with Crippen LogP contribution in [0.3, 0.4) is 0 Å². The van der Waals surface area contributed by atoms with Gasteiger partial charge in [0.25, 0.3) is 0 Å². The van der Waals surface area contributed by atoms with Crippen molar-refractivity contribution in [1.82, 2.24) is 0 Å². The average molecular weight is 280 g/mol. The van der Waals surface area contributed by atoms with E-state index < -0.39 is 30.5 Å². The quantitative estimate of drug-likeness (QED) is 0.407. The smallest absolute Gasteiger partial charge is 0.347 e. The molecule has 0 saturated heterocycles. The second-order valence-corrected chi connectivity index (χ2v) is 4.85. The van der Waals surface area contributed by atoms with Crippen molar-refractivity contribution in [2.75, 3.05) is 6.61 Å². The predicted molar refractivity (Wildman–Crippen MR) is 65.6 cm³/mol. The standard InChI is InChI=1S/C13H19F3O3/c1-5-6-7-10(17)8-11(19-12(2,3)4)18-9-13(14,15)16/h5-7,11H,1,8-9H2,2-4H3/b7-6+. The first-order chi connectivity index (χ1) is 8.53. The Balaban J connectivity index is 4.54. The maximum atomic E-state index is 12.1. The molecule has 0 amide bonds. The molecule has 0 fully saturated rings. The van der Waals surface area contributed by atoms with Gasteiger partial charge in [-0.1, -0.05) is 18.7 Å². The molecule has 3 nitrogen and oxygen atoms in total. The van der Waals surface area contributed by atoms with Gasteiger partial charge in [-0.05, 0) is 26.8 Å². The number of carbonyl (C=O) groups is 1. The molecular formula is C13H19F3O3. The SMILES string of the molecule is C=C/C=C/C(=O)CC(OCC(F)(F)F)OC(C)(C)C. The maximum Gasteiger partial charge on any atom is 0.411 e. The molecule has 0 aliphatic heterocycles. The lowest BCUT2D eigenvalue weighted by Gasteiger charge is -2.27. The molecule has 0 bridgehead atoms. The topological polar surface area (TPSA) is 35.5 Å². The van der Waals surface area contributed by atoms with Crippen LogP contribution in [0.25, 0.3) is 0 Å². The van der Waals surface area contributed by atoms with Crippen LogP contribution in [0.15, 0.2) is 24.8 Å². The number of hydrogen-bond acceptors (Lipinski definition) is 3. The largest absolute Gasteiger partial charge is 0.411 e. The molecule has 19 heavy (non-hydrogen) atoms. The average Bonchev–Trinajstić information content (AvgIpc) is 2.20. The number of ether oxygens (including phenoxy) is 2. The molecule has 110 valence electrons. The van der Waals surface area contributed by atoms with Crippen LogP contribution < -0.4 is 0 Å². The van der Waals surface area contributed by atoms with Crippen LogP contribution in [0.1, 0.15) is 27.2 Å². The van der Waals surface area contributed by atoms with Gasteiger partial charge in [-0.2, -0.15) is 13.2 Å². The summed E-state index contributed by atoms with van der Waals surface area (Å²) in [7, 11) is 0. The van der Waals surface area contributed by atoms with Crippen molar-refractivity contribution in [2.24, 2.45) is 0 Å². The Labute approximate surface area is 111 Å². The van der Waals surface area contributed by atoms with E-state index in [1.54, 1.807) is 20.8 Å². The zero-order chi connectivity index (χ0) is 15.1. The fourth-order valence-electron chi connectivity index (χ4n) is 1.12. The summed E-state index contributed by atoms with van der Waals surface area (Å²) in [4.78, 5) is 11.4. The van der Waals surface area contributed by atoms with Crippen molar-refractivity contribution >= 4 is 5.78 Å². The minimum Gasteiger partial charge on any atom is -0.347 e. The summed E-state index contributed by atoms with van der Waals surface area (Å²) in [6.45, 7) is 6.94. The molecule has 0 aromatic rings. The Morgan fingerprint density at radius 1 is 1.32 bits per heavy atom. The number of allylic oxidation sites excluding steroid dienone is 3. The van der Waals surface area contributed by atoms with Gasteiger partial charge in [-0.3, -0.25) is 4.79 Å². The predicted octanol–water partition coefficient (Wildman–Crippen LogP) is 3.41. The van der Waals surface area contributed by atoms with E-state index >= 15 is 0 Å². The molecule has 0 aliphatic carbocycles. The van der Waals surface area contributed by atoms with E-state index in [-0.39, 0.29) is 6.42 Å². The van der Waals surface area contributed by atoms with E-state index in [0.717, 1.165) is 0 Å². The Kier molecular flexibility index (Phi) is 7.00. The van der Waals surface area contributed by atoms with Crippen molar-refractivity contribution in [1.29, 1.82) is 0 Å². The van der Waals surface area contributed by atoms with Crippen LogP contribution in [0, 0.1) is 0 Å². The van der Waals surface area contributed by atoms with E-state index in [2.05, 4.69) is 11.3 Å². The molecule has 0 aromatic heterocycles. The molecule has 1 atom stereocenters. The summed E-state index contributed by atoms with van der Waals surface area (Å²) in [5.74, 6) is -0.392. The van der Waals surface area contributed by atoms with Gasteiger partial charge < -0.3 is 9.47 Å². The van der Waals surface area contributed by atoms with Crippen LogP contribution in [-0.2, 0) is 14.3 Å². The zero-order valence-electron chi connectivity index (χ0n) is 11.3. The summed E-state index contributed by atoms with van der Waals surface area (Å²) in [5, 5.41) is 0. The molecule has 0 rings (SSSR count). The Hall–Kier alpha value is -1.14. The minimum atomic E-state index is -4.46. The highest BCUT2D eigenvalue weighted by molar-refractivity contribution is 5.90. The van der Waals surface area contributed by atoms with Gasteiger partial charge in [-0.25, -0.2) is 0 Å². The van der Waals surface area contributed by atoms with Crippen molar-refractivity contribution in [3.05, 3.63) is 24.8 Å². The second-order valence-electron chi connectivity index (χ2n) is 4.85. The summed E-state index contributed by atoms with van der Waals surface area (Å²) >= 11 is 0. The van der Waals surface area contributed by atoms with E-state index in [0.29, 0.717) is 0 Å². The lowest BCUT2D eigenvalue weighted by molar-refractivity contribution is -0.250. The molecule has 0 heterocycles. The summed E-state index contributed by atoms with van der Waals surface area (Å²) in [6.07, 6.45) is -1.96. The fraction of sp³-hybridized carbons (Fsp3) is 0.615. The lowest BCUT2D eigenvalue weighted by Crippen LogP contribution is -2.33. The number of rotatable bonds is 7. The van der Waals surface area contributed by atoms with Gasteiger partial charge in [0.05, 0.1) is 12.0 Å². The van der Waals surface area contributed by atoms with Gasteiger partial charge in [0.1, 0.15) is 6.61 Å². The van der Waals surface area contributed by atoms with Gasteiger partial charge in [0.2, 0.25) is 0 Å². The van der Waals surface area contributed by atoms with Gasteiger partial charge in [0, 0.05) is 0 Å². The van der Waals surface area contributed by atoms with E-state index in [9.17, 15) is 18.0 Å². The number of ketones is 1. The molecule has 0 saturated carbocycles. The lowest BCUT2D eigenvalue weighted by atomic mass is 10.2. The Bertz CT molecular complexity index is 327. The first kappa shape index (κ1) is 17.9. The minimum absolute atomic E-state index is 0.280. The molecule has 0 aromatic carbocycles. The molecule has 0 N–H and O–H groups in total. The summed E-state index contributed by atoms with van der Waals surface area (Å²) in [5.41, 5.74) is -0.710. The molecule has 0 aliphatic rings. The van der Waals surface area contributed by atoms with Crippen LogP contribution >= 0.6 is 0 Å². The van der Waals surface area contributed by atoms with Crippen molar-refractivity contribution in [3.8, 4) is 0 Å². The Morgan fingerprint density at radius 2 is 1.89 bits per heavy atom. The van der Waals surface area contributed by atoms with E-state index in [1.807, 2.05) is 0 Å². The first-order valence-corrected chi connectivity index (χ1v) is 5.71. The van der Waals surface area contributed by atoms with Gasteiger partial charge >= 0.3 is 6.18 Å². The normalized spacial score (nSPS) is 14.6. The highest BCUT2D eigenvalue weighted by atomic mass is 19.4. The van der Waals surface area contributed by atoms with E-state index in [1.165, 1.54) is 18.2 Å². The number of halogens is 3. The van der Waals surface area contributed by atoms with E-state index in [4.69, 9.17) is 4.74 Å². The highest BCUT2D eigenvalue weighted by Gasteiger charge is 2.31. The van der Waals surface area contributed by atoms with Crippen LogP contribution in [0.2, 0.25) is 0 Å². The monoisotopic (exact) mass is 280 g/mol. The number of alkyl halides is 3. The van der Waals surface area contributed by atoms with Gasteiger partial charge in [0.15, 0.2) is 12.1 Å². The van der Waals surface area contributed by atoms with Crippen molar-refractivity contribution in [3.63, 3.8) is 0 Å². The van der Waals surface area contributed by atoms with Crippen LogP contribution in [-0.4, -0.2) is 30.5 Å². The number of carbonyl (C=O) groups excluding carboxylic acids is 1. The molecule has 0 spiro atoms. The summed E-state index contributed by atoms with van der Waals surface area (Å²) < 4.78 is 46.2. The molecule has 1 unspecified atom stereocenters. The third-order valence-corrected chi connectivity index (χ3v) is 1.70. The first-order valence-electron chi connectivity index (χ1n) is 5.71. The van der Waals surface area contributed by atoms with Crippen LogP contribution in [0.4, 0.5) is 13.2 Å². The number of hydrogen-bond donors (Lipinski definition) is 0. The Morgan fingerprint density at radius 3 is 2.32 bits per heavy atom. The highest BCUT2D eigenvalue weighted by Crippen LogP contribution is 2.20. The maximum absolute atomic E-state index is 12.1. The second kappa shape index (κ2) is 7.45. The fourth-order valence-corrected chi connectivity index (χ4v) is 1.12. The zero-order valence-corrected chi connectivity index (χ0v) is 11.3. The van der Waals surface area contributed by atoms with Crippen molar-refractivity contribution in [2.45, 2.75) is 45.3 Å². The van der Waals surface area contributed by atoms with Crippen molar-refractivity contribution < 1.29 is 27.4 Å². The molecular weight excluding hydrogens is 261 g/mol. The van der Waals surface area contributed by atoms with Gasteiger partial charge in [-0.15, -0.1) is 0 Å². The molecule has 0 radical (unpaired) electrons. The summed E-state index contributed by atoms with van der Waals surface area (Å²) in [6, 6.07) is 0. The molecule has 6 heteroatoms. The van der Waals surface area contributed by atoms with Crippen LogP contribution in [0.5, 0.6) is 0 Å².